The summed E-state index contributed by atoms with van der Waals surface area (Å²) in [7, 11) is 1.64. The van der Waals surface area contributed by atoms with Crippen molar-refractivity contribution < 1.29 is 14.3 Å². The Balaban J connectivity index is 2.46. The van der Waals surface area contributed by atoms with Crippen molar-refractivity contribution in [3.63, 3.8) is 0 Å². The number of rotatable bonds is 4. The SMILES string of the molecule is COc1ccc(C[C@H](C)NC(=O)OC(C)(C)C)cc1. The van der Waals surface area contributed by atoms with Crippen molar-refractivity contribution in [3.8, 4) is 5.75 Å². The van der Waals surface area contributed by atoms with E-state index in [0.29, 0.717) is 0 Å². The van der Waals surface area contributed by atoms with E-state index >= 15 is 0 Å². The minimum atomic E-state index is -0.468. The fourth-order valence-corrected chi connectivity index (χ4v) is 1.67. The summed E-state index contributed by atoms with van der Waals surface area (Å²) in [5.74, 6) is 0.830. The molecular formula is C15H23NO3. The molecule has 0 unspecified atom stereocenters. The van der Waals surface area contributed by atoms with E-state index < -0.39 is 5.60 Å². The molecule has 4 nitrogen and oxygen atoms in total. The summed E-state index contributed by atoms with van der Waals surface area (Å²) < 4.78 is 10.3. The topological polar surface area (TPSA) is 47.6 Å². The Morgan fingerprint density at radius 1 is 1.26 bits per heavy atom. The monoisotopic (exact) mass is 265 g/mol. The molecule has 0 aliphatic heterocycles. The van der Waals surface area contributed by atoms with Crippen molar-refractivity contribution in [1.29, 1.82) is 0 Å². The smallest absolute Gasteiger partial charge is 0.407 e. The Morgan fingerprint density at radius 3 is 2.32 bits per heavy atom. The lowest BCUT2D eigenvalue weighted by Crippen LogP contribution is -2.38. The number of benzene rings is 1. The van der Waals surface area contributed by atoms with Crippen molar-refractivity contribution in [3.05, 3.63) is 29.8 Å². The van der Waals surface area contributed by atoms with Crippen molar-refractivity contribution in [2.24, 2.45) is 0 Å². The van der Waals surface area contributed by atoms with Gasteiger partial charge in [0, 0.05) is 6.04 Å². The molecule has 0 fully saturated rings. The van der Waals surface area contributed by atoms with Gasteiger partial charge in [0.2, 0.25) is 0 Å². The molecule has 0 bridgehead atoms. The summed E-state index contributed by atoms with van der Waals surface area (Å²) >= 11 is 0. The Kier molecular flexibility index (Phi) is 5.21. The van der Waals surface area contributed by atoms with E-state index in [1.807, 2.05) is 52.0 Å². The Bertz CT molecular complexity index is 406. The van der Waals surface area contributed by atoms with E-state index in [-0.39, 0.29) is 12.1 Å². The van der Waals surface area contributed by atoms with E-state index in [2.05, 4.69) is 5.32 Å². The van der Waals surface area contributed by atoms with Crippen molar-refractivity contribution in [1.82, 2.24) is 5.32 Å². The largest absolute Gasteiger partial charge is 0.497 e. The predicted molar refractivity (Wildman–Crippen MR) is 75.5 cm³/mol. The quantitative estimate of drug-likeness (QED) is 0.909. The standard InChI is InChI=1S/C15H23NO3/c1-11(16-14(17)19-15(2,3)4)10-12-6-8-13(18-5)9-7-12/h6-9,11H,10H2,1-5H3,(H,16,17)/t11-/m0/s1. The molecule has 1 aromatic carbocycles. The molecule has 0 saturated heterocycles. The molecule has 0 aliphatic carbocycles. The van der Waals surface area contributed by atoms with E-state index in [9.17, 15) is 4.79 Å². The van der Waals surface area contributed by atoms with Gasteiger partial charge in [0.15, 0.2) is 0 Å². The molecule has 1 atom stereocenters. The van der Waals surface area contributed by atoms with Gasteiger partial charge in [0.1, 0.15) is 11.4 Å². The maximum absolute atomic E-state index is 11.6. The van der Waals surface area contributed by atoms with Gasteiger partial charge in [0.25, 0.3) is 0 Å². The highest BCUT2D eigenvalue weighted by atomic mass is 16.6. The number of ether oxygens (including phenoxy) is 2. The fourth-order valence-electron chi connectivity index (χ4n) is 1.67. The van der Waals surface area contributed by atoms with Gasteiger partial charge in [-0.1, -0.05) is 12.1 Å². The Hall–Kier alpha value is -1.71. The van der Waals surface area contributed by atoms with Crippen LogP contribution in [0, 0.1) is 0 Å². The van der Waals surface area contributed by atoms with Gasteiger partial charge in [-0.3, -0.25) is 0 Å². The van der Waals surface area contributed by atoms with Crippen molar-refractivity contribution in [2.75, 3.05) is 7.11 Å². The first kappa shape index (κ1) is 15.3. The van der Waals surface area contributed by atoms with Crippen LogP contribution in [0.25, 0.3) is 0 Å². The minimum Gasteiger partial charge on any atom is -0.497 e. The molecule has 1 rings (SSSR count). The van der Waals surface area contributed by atoms with Crippen LogP contribution in [-0.2, 0) is 11.2 Å². The first-order chi connectivity index (χ1) is 8.80. The highest BCUT2D eigenvalue weighted by Gasteiger charge is 2.17. The van der Waals surface area contributed by atoms with E-state index in [1.165, 1.54) is 0 Å². The third-order valence-electron chi connectivity index (χ3n) is 2.46. The first-order valence-corrected chi connectivity index (χ1v) is 6.42. The van der Waals surface area contributed by atoms with Gasteiger partial charge in [-0.25, -0.2) is 4.79 Å². The summed E-state index contributed by atoms with van der Waals surface area (Å²) in [4.78, 5) is 11.6. The van der Waals surface area contributed by atoms with Gasteiger partial charge in [-0.15, -0.1) is 0 Å². The number of methoxy groups -OCH3 is 1. The van der Waals surface area contributed by atoms with E-state index in [1.54, 1.807) is 7.11 Å². The summed E-state index contributed by atoms with van der Waals surface area (Å²) in [6, 6.07) is 7.83. The lowest BCUT2D eigenvalue weighted by atomic mass is 10.1. The van der Waals surface area contributed by atoms with E-state index in [0.717, 1.165) is 17.7 Å². The van der Waals surface area contributed by atoms with E-state index in [4.69, 9.17) is 9.47 Å². The number of carbonyl (C=O) groups excluding carboxylic acids is 1. The van der Waals surface area contributed by atoms with Gasteiger partial charge < -0.3 is 14.8 Å². The summed E-state index contributed by atoms with van der Waals surface area (Å²) in [6.45, 7) is 7.50. The lowest BCUT2D eigenvalue weighted by molar-refractivity contribution is 0.0508. The molecule has 1 N–H and O–H groups in total. The second-order valence-electron chi connectivity index (χ2n) is 5.60. The van der Waals surface area contributed by atoms with Crippen LogP contribution in [0.1, 0.15) is 33.3 Å². The number of hydrogen-bond donors (Lipinski definition) is 1. The van der Waals surface area contributed by atoms with Gasteiger partial charge in [-0.2, -0.15) is 0 Å². The Morgan fingerprint density at radius 2 is 1.84 bits per heavy atom. The van der Waals surface area contributed by atoms with Crippen LogP contribution >= 0.6 is 0 Å². The van der Waals surface area contributed by atoms with Gasteiger partial charge in [-0.05, 0) is 51.8 Å². The minimum absolute atomic E-state index is 0.0169. The summed E-state index contributed by atoms with van der Waals surface area (Å²) in [6.07, 6.45) is 0.372. The van der Waals surface area contributed by atoms with Gasteiger partial charge in [0.05, 0.1) is 7.11 Å². The zero-order valence-electron chi connectivity index (χ0n) is 12.3. The third-order valence-corrected chi connectivity index (χ3v) is 2.46. The third kappa shape index (κ3) is 6.13. The Labute approximate surface area is 115 Å². The molecule has 0 heterocycles. The molecule has 19 heavy (non-hydrogen) atoms. The molecule has 0 radical (unpaired) electrons. The molecule has 0 aliphatic rings. The second-order valence-corrected chi connectivity index (χ2v) is 5.60. The number of carbonyl (C=O) groups is 1. The van der Waals surface area contributed by atoms with Crippen LogP contribution in [0.3, 0.4) is 0 Å². The molecule has 0 spiro atoms. The molecule has 1 amide bonds. The normalized spacial score (nSPS) is 12.7. The number of nitrogens with one attached hydrogen (secondary N) is 1. The molecule has 0 saturated carbocycles. The van der Waals surface area contributed by atoms with Crippen molar-refractivity contribution >= 4 is 6.09 Å². The maximum Gasteiger partial charge on any atom is 0.407 e. The lowest BCUT2D eigenvalue weighted by Gasteiger charge is -2.22. The van der Waals surface area contributed by atoms with Crippen LogP contribution in [0.5, 0.6) is 5.75 Å². The summed E-state index contributed by atoms with van der Waals surface area (Å²) in [5, 5.41) is 2.82. The average molecular weight is 265 g/mol. The second kappa shape index (κ2) is 6.45. The molecule has 0 aromatic heterocycles. The molecule has 1 aromatic rings. The average Bonchev–Trinajstić information content (AvgIpc) is 2.27. The van der Waals surface area contributed by atoms with Crippen molar-refractivity contribution in [2.45, 2.75) is 45.8 Å². The zero-order chi connectivity index (χ0) is 14.5. The zero-order valence-corrected chi connectivity index (χ0v) is 12.3. The van der Waals surface area contributed by atoms with Crippen LogP contribution in [-0.4, -0.2) is 24.8 Å². The van der Waals surface area contributed by atoms with Crippen LogP contribution < -0.4 is 10.1 Å². The number of alkyl carbamates (subject to hydrolysis) is 1. The fraction of sp³-hybridized carbons (Fsp3) is 0.533. The highest BCUT2D eigenvalue weighted by Crippen LogP contribution is 2.13. The molecular weight excluding hydrogens is 242 g/mol. The first-order valence-electron chi connectivity index (χ1n) is 6.42. The summed E-state index contributed by atoms with van der Waals surface area (Å²) in [5.41, 5.74) is 0.675. The van der Waals surface area contributed by atoms with Crippen LogP contribution in [0.15, 0.2) is 24.3 Å². The van der Waals surface area contributed by atoms with Crippen LogP contribution in [0.4, 0.5) is 4.79 Å². The predicted octanol–water partition coefficient (Wildman–Crippen LogP) is 3.15. The van der Waals surface area contributed by atoms with Crippen LogP contribution in [0.2, 0.25) is 0 Å². The molecule has 106 valence electrons. The highest BCUT2D eigenvalue weighted by molar-refractivity contribution is 5.68. The van der Waals surface area contributed by atoms with Gasteiger partial charge >= 0.3 is 6.09 Å². The number of amides is 1. The maximum atomic E-state index is 11.6. The molecule has 4 heteroatoms. The number of hydrogen-bond acceptors (Lipinski definition) is 3.